The predicted molar refractivity (Wildman–Crippen MR) is 112 cm³/mol. The Morgan fingerprint density at radius 3 is 2.63 bits per heavy atom. The van der Waals surface area contributed by atoms with E-state index in [0.29, 0.717) is 30.0 Å². The summed E-state index contributed by atoms with van der Waals surface area (Å²) in [6, 6.07) is 9.23. The number of aryl methyl sites for hydroxylation is 2. The van der Waals surface area contributed by atoms with Gasteiger partial charge < -0.3 is 15.4 Å². The molecule has 2 N–H and O–H groups in total. The zero-order valence-electron chi connectivity index (χ0n) is 16.8. The van der Waals surface area contributed by atoms with E-state index >= 15 is 0 Å². The monoisotopic (exact) mass is 429 g/mol. The van der Waals surface area contributed by atoms with E-state index in [-0.39, 0.29) is 29.9 Å². The number of rotatable bonds is 4. The number of nitrogens with one attached hydrogen (secondary N) is 2. The van der Waals surface area contributed by atoms with Crippen LogP contribution in [-0.4, -0.2) is 43.7 Å². The molecular weight excluding hydrogens is 406 g/mol. The third-order valence-electron chi connectivity index (χ3n) is 5.19. The van der Waals surface area contributed by atoms with Gasteiger partial charge in [0.2, 0.25) is 15.9 Å². The summed E-state index contributed by atoms with van der Waals surface area (Å²) in [6.07, 6.45) is 1.04. The topological polar surface area (TPSA) is 105 Å². The first-order valence-corrected chi connectivity index (χ1v) is 11.2. The molecule has 0 aliphatic carbocycles. The van der Waals surface area contributed by atoms with Crippen LogP contribution in [0.3, 0.4) is 0 Å². The number of fused-ring (bicyclic) bond motifs is 1. The molecule has 4 rings (SSSR count). The third-order valence-corrected chi connectivity index (χ3v) is 7.09. The summed E-state index contributed by atoms with van der Waals surface area (Å²) in [7, 11) is -3.93. The Labute approximate surface area is 175 Å². The van der Waals surface area contributed by atoms with Gasteiger partial charge in [-0.1, -0.05) is 6.07 Å². The lowest BCUT2D eigenvalue weighted by molar-refractivity contribution is -0.119. The molecule has 0 bridgehead atoms. The second-order valence-corrected chi connectivity index (χ2v) is 9.52. The van der Waals surface area contributed by atoms with Gasteiger partial charge in [0.25, 0.3) is 5.91 Å². The van der Waals surface area contributed by atoms with Crippen LogP contribution in [0.25, 0.3) is 0 Å². The van der Waals surface area contributed by atoms with Crippen molar-refractivity contribution in [3.05, 3.63) is 47.5 Å². The zero-order valence-corrected chi connectivity index (χ0v) is 17.6. The molecule has 0 saturated carbocycles. The Morgan fingerprint density at radius 1 is 1.17 bits per heavy atom. The Kier molecular flexibility index (Phi) is 5.25. The third kappa shape index (κ3) is 3.90. The van der Waals surface area contributed by atoms with Crippen molar-refractivity contribution in [2.75, 3.05) is 23.8 Å². The SMILES string of the molecule is Cc1cc(C)cc(NC(=O)[C@H]2CCCN2S(=O)(=O)c2ccc3c(c2)NC(=O)CO3)c1. The number of carbonyl (C=O) groups is 2. The molecule has 0 radical (unpaired) electrons. The Morgan fingerprint density at radius 2 is 1.90 bits per heavy atom. The lowest BCUT2D eigenvalue weighted by Crippen LogP contribution is -2.43. The fraction of sp³-hybridized carbons (Fsp3) is 0.333. The van der Waals surface area contributed by atoms with E-state index in [0.717, 1.165) is 11.1 Å². The van der Waals surface area contributed by atoms with E-state index in [9.17, 15) is 18.0 Å². The van der Waals surface area contributed by atoms with Gasteiger partial charge in [0.15, 0.2) is 6.61 Å². The molecule has 1 atom stereocenters. The fourth-order valence-corrected chi connectivity index (χ4v) is 5.60. The number of ether oxygens (including phenoxy) is 1. The highest BCUT2D eigenvalue weighted by Gasteiger charge is 2.40. The van der Waals surface area contributed by atoms with E-state index in [1.165, 1.54) is 22.5 Å². The van der Waals surface area contributed by atoms with Crippen LogP contribution in [0.4, 0.5) is 11.4 Å². The number of sulfonamides is 1. The van der Waals surface area contributed by atoms with Gasteiger partial charge in [-0.15, -0.1) is 0 Å². The lowest BCUT2D eigenvalue weighted by atomic mass is 10.1. The first kappa shape index (κ1) is 20.4. The molecule has 2 aliphatic rings. The second-order valence-electron chi connectivity index (χ2n) is 7.63. The Balaban J connectivity index is 1.58. The Hall–Kier alpha value is -2.91. The smallest absolute Gasteiger partial charge is 0.262 e. The van der Waals surface area contributed by atoms with Crippen molar-refractivity contribution < 1.29 is 22.7 Å². The molecule has 2 heterocycles. The van der Waals surface area contributed by atoms with E-state index in [4.69, 9.17) is 4.74 Å². The predicted octanol–water partition coefficient (Wildman–Crippen LogP) is 2.43. The van der Waals surface area contributed by atoms with Gasteiger partial charge in [-0.3, -0.25) is 9.59 Å². The number of hydrogen-bond donors (Lipinski definition) is 2. The van der Waals surface area contributed by atoms with E-state index in [1.807, 2.05) is 32.0 Å². The average Bonchev–Trinajstić information content (AvgIpc) is 3.17. The molecule has 1 fully saturated rings. The highest BCUT2D eigenvalue weighted by Crippen LogP contribution is 2.33. The maximum atomic E-state index is 13.3. The van der Waals surface area contributed by atoms with Crippen LogP contribution in [0.1, 0.15) is 24.0 Å². The van der Waals surface area contributed by atoms with E-state index in [2.05, 4.69) is 10.6 Å². The normalized spacial score (nSPS) is 19.0. The number of carbonyl (C=O) groups excluding carboxylic acids is 2. The number of hydrogen-bond acceptors (Lipinski definition) is 5. The molecule has 2 aromatic carbocycles. The summed E-state index contributed by atoms with van der Waals surface area (Å²) in [6.45, 7) is 4.03. The minimum Gasteiger partial charge on any atom is -0.482 e. The van der Waals surface area contributed by atoms with Gasteiger partial charge in [-0.25, -0.2) is 8.42 Å². The zero-order chi connectivity index (χ0) is 21.5. The highest BCUT2D eigenvalue weighted by molar-refractivity contribution is 7.89. The van der Waals surface area contributed by atoms with Crippen molar-refractivity contribution in [3.63, 3.8) is 0 Å². The first-order chi connectivity index (χ1) is 14.2. The van der Waals surface area contributed by atoms with Gasteiger partial charge in [-0.2, -0.15) is 4.31 Å². The molecule has 8 nitrogen and oxygen atoms in total. The van der Waals surface area contributed by atoms with E-state index < -0.39 is 16.1 Å². The summed E-state index contributed by atoms with van der Waals surface area (Å²) >= 11 is 0. The van der Waals surface area contributed by atoms with Crippen molar-refractivity contribution in [1.82, 2.24) is 4.31 Å². The van der Waals surface area contributed by atoms with Gasteiger partial charge in [0.1, 0.15) is 11.8 Å². The van der Waals surface area contributed by atoms with Crippen LogP contribution in [0.15, 0.2) is 41.3 Å². The maximum Gasteiger partial charge on any atom is 0.262 e. The van der Waals surface area contributed by atoms with Gasteiger partial charge in [0, 0.05) is 12.2 Å². The fourth-order valence-electron chi connectivity index (χ4n) is 3.92. The van der Waals surface area contributed by atoms with Crippen LogP contribution < -0.4 is 15.4 Å². The molecule has 0 spiro atoms. The van der Waals surface area contributed by atoms with Crippen molar-refractivity contribution in [2.24, 2.45) is 0 Å². The molecule has 0 aromatic heterocycles. The standard InChI is InChI=1S/C21H23N3O5S/c1-13-8-14(2)10-15(9-13)22-21(26)18-4-3-7-24(18)30(27,28)16-5-6-19-17(11-16)23-20(25)12-29-19/h5-6,8-11,18H,3-4,7,12H2,1-2H3,(H,22,26)(H,23,25)/t18-/m1/s1. The molecule has 9 heteroatoms. The van der Waals surface area contributed by atoms with Gasteiger partial charge >= 0.3 is 0 Å². The number of nitrogens with zero attached hydrogens (tertiary/aromatic N) is 1. The number of amides is 2. The summed E-state index contributed by atoms with van der Waals surface area (Å²) in [4.78, 5) is 24.5. The number of benzene rings is 2. The lowest BCUT2D eigenvalue weighted by Gasteiger charge is -2.25. The van der Waals surface area contributed by atoms with Crippen molar-refractivity contribution in [1.29, 1.82) is 0 Å². The average molecular weight is 429 g/mol. The van der Waals surface area contributed by atoms with E-state index in [1.54, 1.807) is 0 Å². The minimum atomic E-state index is -3.93. The molecule has 2 amide bonds. The minimum absolute atomic E-state index is 0.0122. The quantitative estimate of drug-likeness (QED) is 0.777. The molecule has 30 heavy (non-hydrogen) atoms. The van der Waals surface area contributed by atoms with Crippen LogP contribution in [0, 0.1) is 13.8 Å². The van der Waals surface area contributed by atoms with Crippen molar-refractivity contribution in [2.45, 2.75) is 37.6 Å². The summed E-state index contributed by atoms with van der Waals surface area (Å²) < 4.78 is 33.1. The molecular formula is C21H23N3O5S. The molecule has 2 aliphatic heterocycles. The van der Waals surface area contributed by atoms with Crippen LogP contribution in [0.5, 0.6) is 5.75 Å². The first-order valence-electron chi connectivity index (χ1n) is 9.72. The largest absolute Gasteiger partial charge is 0.482 e. The molecule has 2 aromatic rings. The van der Waals surface area contributed by atoms with Crippen LogP contribution in [-0.2, 0) is 19.6 Å². The maximum absolute atomic E-state index is 13.3. The van der Waals surface area contributed by atoms with Crippen molar-refractivity contribution >= 4 is 33.2 Å². The summed E-state index contributed by atoms with van der Waals surface area (Å²) in [5.74, 6) is -0.279. The van der Waals surface area contributed by atoms with Gasteiger partial charge in [-0.05, 0) is 68.1 Å². The highest BCUT2D eigenvalue weighted by atomic mass is 32.2. The number of anilines is 2. The molecule has 1 saturated heterocycles. The molecule has 0 unspecified atom stereocenters. The van der Waals surface area contributed by atoms with Crippen LogP contribution in [0.2, 0.25) is 0 Å². The van der Waals surface area contributed by atoms with Crippen molar-refractivity contribution in [3.8, 4) is 5.75 Å². The summed E-state index contributed by atoms with van der Waals surface area (Å²) in [5.41, 5.74) is 2.98. The van der Waals surface area contributed by atoms with Gasteiger partial charge in [0.05, 0.1) is 10.6 Å². The van der Waals surface area contributed by atoms with Crippen LogP contribution >= 0.6 is 0 Å². The summed E-state index contributed by atoms with van der Waals surface area (Å²) in [5, 5.41) is 5.47. The molecule has 158 valence electrons. The second kappa shape index (κ2) is 7.73. The Bertz CT molecular complexity index is 1110.